The minimum absolute atomic E-state index is 0.300. The van der Waals surface area contributed by atoms with E-state index >= 15 is 0 Å². The molecule has 1 aromatic rings. The Morgan fingerprint density at radius 1 is 1.27 bits per heavy atom. The van der Waals surface area contributed by atoms with Crippen LogP contribution in [0, 0.1) is 18.8 Å². The molecule has 0 spiro atoms. The number of pyridine rings is 1. The summed E-state index contributed by atoms with van der Waals surface area (Å²) in [4.78, 5) is 3.68. The molecule has 0 N–H and O–H groups in total. The third-order valence-corrected chi connectivity index (χ3v) is 3.64. The molecule has 82 valence electrons. The first kappa shape index (κ1) is 10.6. The molecule has 0 aromatic carbocycles. The van der Waals surface area contributed by atoms with E-state index in [4.69, 9.17) is 0 Å². The van der Waals surface area contributed by atoms with Crippen molar-refractivity contribution in [2.75, 3.05) is 0 Å². The molecule has 1 saturated carbocycles. The Morgan fingerprint density at radius 2 is 1.93 bits per heavy atom. The number of halogens is 1. The summed E-state index contributed by atoms with van der Waals surface area (Å²) >= 11 is 0. The molecule has 1 aliphatic rings. The van der Waals surface area contributed by atoms with E-state index in [0.717, 1.165) is 11.5 Å². The second-order valence-electron chi connectivity index (χ2n) is 4.77. The fourth-order valence-electron chi connectivity index (χ4n) is 2.54. The van der Waals surface area contributed by atoms with Crippen LogP contribution in [0.4, 0.5) is 4.39 Å². The van der Waals surface area contributed by atoms with Crippen LogP contribution < -0.4 is 0 Å². The molecule has 2 rings (SSSR count). The van der Waals surface area contributed by atoms with Crippen LogP contribution in [0.1, 0.15) is 49.7 Å². The Bertz CT molecular complexity index is 340. The first-order valence-electron chi connectivity index (χ1n) is 5.79. The molecule has 2 heteroatoms. The molecule has 15 heavy (non-hydrogen) atoms. The van der Waals surface area contributed by atoms with Gasteiger partial charge in [0.25, 0.3) is 0 Å². The third-order valence-electron chi connectivity index (χ3n) is 3.64. The van der Waals surface area contributed by atoms with Gasteiger partial charge in [-0.1, -0.05) is 19.8 Å². The van der Waals surface area contributed by atoms with Crippen LogP contribution in [0.25, 0.3) is 0 Å². The van der Waals surface area contributed by atoms with Gasteiger partial charge in [0.05, 0.1) is 0 Å². The Kier molecular flexibility index (Phi) is 3.03. The number of rotatable bonds is 1. The zero-order valence-corrected chi connectivity index (χ0v) is 9.46. The summed E-state index contributed by atoms with van der Waals surface area (Å²) in [5.74, 6) is 1.10. The van der Waals surface area contributed by atoms with E-state index < -0.39 is 0 Å². The number of aromatic nitrogens is 1. The molecule has 0 radical (unpaired) electrons. The molecule has 0 bridgehead atoms. The number of hydrogen-bond donors (Lipinski definition) is 0. The van der Waals surface area contributed by atoms with Crippen molar-refractivity contribution in [2.24, 2.45) is 5.92 Å². The van der Waals surface area contributed by atoms with Crippen LogP contribution in [-0.2, 0) is 0 Å². The molecular weight excluding hydrogens is 189 g/mol. The SMILES string of the molecule is Cc1c(C2CCC(C)CC2)ccnc1F. The van der Waals surface area contributed by atoms with E-state index in [9.17, 15) is 4.39 Å². The van der Waals surface area contributed by atoms with E-state index in [-0.39, 0.29) is 5.95 Å². The summed E-state index contributed by atoms with van der Waals surface area (Å²) in [6, 6.07) is 1.99. The van der Waals surface area contributed by atoms with Crippen LogP contribution in [0.5, 0.6) is 0 Å². The van der Waals surface area contributed by atoms with Gasteiger partial charge in [0, 0.05) is 11.8 Å². The van der Waals surface area contributed by atoms with Crippen molar-refractivity contribution in [2.45, 2.75) is 45.4 Å². The molecule has 0 unspecified atom stereocenters. The fraction of sp³-hybridized carbons (Fsp3) is 0.615. The van der Waals surface area contributed by atoms with E-state index in [1.165, 1.54) is 31.2 Å². The van der Waals surface area contributed by atoms with E-state index in [1.54, 1.807) is 6.20 Å². The van der Waals surface area contributed by atoms with Crippen LogP contribution in [0.15, 0.2) is 12.3 Å². The summed E-state index contributed by atoms with van der Waals surface area (Å²) in [5.41, 5.74) is 1.92. The highest BCUT2D eigenvalue weighted by molar-refractivity contribution is 5.27. The molecule has 1 fully saturated rings. The molecule has 1 aromatic heterocycles. The molecule has 1 nitrogen and oxygen atoms in total. The van der Waals surface area contributed by atoms with Crippen LogP contribution in [0.3, 0.4) is 0 Å². The zero-order valence-electron chi connectivity index (χ0n) is 9.46. The highest BCUT2D eigenvalue weighted by Crippen LogP contribution is 2.36. The van der Waals surface area contributed by atoms with Crippen molar-refractivity contribution in [1.29, 1.82) is 0 Å². The largest absolute Gasteiger partial charge is 0.228 e. The molecule has 0 saturated heterocycles. The third kappa shape index (κ3) is 2.19. The van der Waals surface area contributed by atoms with Crippen molar-refractivity contribution in [3.05, 3.63) is 29.3 Å². The standard InChI is InChI=1S/C13H18FN/c1-9-3-5-11(6-4-9)12-7-8-15-13(14)10(12)2/h7-9,11H,3-6H2,1-2H3. The molecule has 0 aliphatic heterocycles. The first-order chi connectivity index (χ1) is 7.18. The van der Waals surface area contributed by atoms with Crippen LogP contribution in [0.2, 0.25) is 0 Å². The van der Waals surface area contributed by atoms with Crippen LogP contribution in [-0.4, -0.2) is 4.98 Å². The number of nitrogens with zero attached hydrogens (tertiary/aromatic N) is 1. The second-order valence-corrected chi connectivity index (χ2v) is 4.77. The van der Waals surface area contributed by atoms with Gasteiger partial charge in [0.1, 0.15) is 0 Å². The second kappa shape index (κ2) is 4.30. The maximum Gasteiger partial charge on any atom is 0.216 e. The summed E-state index contributed by atoms with van der Waals surface area (Å²) in [5, 5.41) is 0. The van der Waals surface area contributed by atoms with Crippen molar-refractivity contribution in [3.63, 3.8) is 0 Å². The van der Waals surface area contributed by atoms with Crippen molar-refractivity contribution in [1.82, 2.24) is 4.98 Å². The van der Waals surface area contributed by atoms with Crippen molar-refractivity contribution < 1.29 is 4.39 Å². The predicted molar refractivity (Wildman–Crippen MR) is 59.3 cm³/mol. The van der Waals surface area contributed by atoms with E-state index in [2.05, 4.69) is 11.9 Å². The highest BCUT2D eigenvalue weighted by atomic mass is 19.1. The summed E-state index contributed by atoms with van der Waals surface area (Å²) in [6.45, 7) is 4.14. The van der Waals surface area contributed by atoms with Gasteiger partial charge in [-0.3, -0.25) is 0 Å². The maximum absolute atomic E-state index is 13.3. The summed E-state index contributed by atoms with van der Waals surface area (Å²) in [7, 11) is 0. The summed E-state index contributed by atoms with van der Waals surface area (Å²) < 4.78 is 13.3. The lowest BCUT2D eigenvalue weighted by Gasteiger charge is -2.27. The van der Waals surface area contributed by atoms with Crippen LogP contribution >= 0.6 is 0 Å². The Labute approximate surface area is 90.7 Å². The van der Waals surface area contributed by atoms with Gasteiger partial charge >= 0.3 is 0 Å². The van der Waals surface area contributed by atoms with Gasteiger partial charge in [0.15, 0.2) is 0 Å². The molecular formula is C13H18FN. The lowest BCUT2D eigenvalue weighted by atomic mass is 9.78. The lowest BCUT2D eigenvalue weighted by Crippen LogP contribution is -2.12. The fourth-order valence-corrected chi connectivity index (χ4v) is 2.54. The first-order valence-corrected chi connectivity index (χ1v) is 5.79. The van der Waals surface area contributed by atoms with Gasteiger partial charge in [-0.05, 0) is 43.2 Å². The Balaban J connectivity index is 2.19. The molecule has 0 amide bonds. The monoisotopic (exact) mass is 207 g/mol. The van der Waals surface area contributed by atoms with E-state index in [0.29, 0.717) is 5.92 Å². The minimum Gasteiger partial charge on any atom is -0.228 e. The lowest BCUT2D eigenvalue weighted by molar-refractivity contribution is 0.346. The Morgan fingerprint density at radius 3 is 2.60 bits per heavy atom. The Hall–Kier alpha value is -0.920. The predicted octanol–water partition coefficient (Wildman–Crippen LogP) is 3.82. The molecule has 1 aliphatic carbocycles. The van der Waals surface area contributed by atoms with Gasteiger partial charge in [-0.15, -0.1) is 0 Å². The summed E-state index contributed by atoms with van der Waals surface area (Å²) in [6.07, 6.45) is 6.54. The van der Waals surface area contributed by atoms with E-state index in [1.807, 2.05) is 13.0 Å². The molecule has 0 atom stereocenters. The van der Waals surface area contributed by atoms with Gasteiger partial charge in [0.2, 0.25) is 5.95 Å². The minimum atomic E-state index is -0.300. The molecule has 1 heterocycles. The zero-order chi connectivity index (χ0) is 10.8. The van der Waals surface area contributed by atoms with Gasteiger partial charge < -0.3 is 0 Å². The van der Waals surface area contributed by atoms with Crippen molar-refractivity contribution in [3.8, 4) is 0 Å². The topological polar surface area (TPSA) is 12.9 Å². The normalized spacial score (nSPS) is 26.6. The highest BCUT2D eigenvalue weighted by Gasteiger charge is 2.21. The maximum atomic E-state index is 13.3. The average Bonchev–Trinajstić information content (AvgIpc) is 2.24. The van der Waals surface area contributed by atoms with Gasteiger partial charge in [-0.25, -0.2) is 4.98 Å². The van der Waals surface area contributed by atoms with Gasteiger partial charge in [-0.2, -0.15) is 4.39 Å². The quantitative estimate of drug-likeness (QED) is 0.638. The number of hydrogen-bond acceptors (Lipinski definition) is 1. The van der Waals surface area contributed by atoms with Crippen molar-refractivity contribution >= 4 is 0 Å². The smallest absolute Gasteiger partial charge is 0.216 e. The average molecular weight is 207 g/mol.